The number of hydrogen-bond acceptors (Lipinski definition) is 3. The van der Waals surface area contributed by atoms with Gasteiger partial charge in [-0.05, 0) is 25.2 Å². The molecule has 0 unspecified atom stereocenters. The van der Waals surface area contributed by atoms with E-state index in [2.05, 4.69) is 29.4 Å². The Bertz CT molecular complexity index is 397. The van der Waals surface area contributed by atoms with Crippen molar-refractivity contribution in [2.24, 2.45) is 0 Å². The summed E-state index contributed by atoms with van der Waals surface area (Å²) in [6.45, 7) is 4.99. The molecule has 0 radical (unpaired) electrons. The SMILES string of the molecule is CCC[C@@H](C)c1cc(NC(=O)[C@H]2CCCO2)n[nH]1. The van der Waals surface area contributed by atoms with Crippen molar-refractivity contribution in [3.63, 3.8) is 0 Å². The van der Waals surface area contributed by atoms with E-state index in [0.29, 0.717) is 18.3 Å². The molecule has 1 aliphatic heterocycles. The number of nitrogens with one attached hydrogen (secondary N) is 2. The Kier molecular flexibility index (Phi) is 4.36. The van der Waals surface area contributed by atoms with Gasteiger partial charge in [0, 0.05) is 18.4 Å². The van der Waals surface area contributed by atoms with E-state index in [1.165, 1.54) is 0 Å². The molecule has 100 valence electrons. The van der Waals surface area contributed by atoms with Crippen LogP contribution in [0.25, 0.3) is 0 Å². The number of amides is 1. The van der Waals surface area contributed by atoms with Gasteiger partial charge in [0.15, 0.2) is 5.82 Å². The van der Waals surface area contributed by atoms with Gasteiger partial charge < -0.3 is 10.1 Å². The highest BCUT2D eigenvalue weighted by molar-refractivity contribution is 5.93. The minimum Gasteiger partial charge on any atom is -0.368 e. The fraction of sp³-hybridized carbons (Fsp3) is 0.692. The van der Waals surface area contributed by atoms with Crippen LogP contribution in [0.5, 0.6) is 0 Å². The third-order valence-corrected chi connectivity index (χ3v) is 3.32. The van der Waals surface area contributed by atoms with Crippen LogP contribution in [-0.2, 0) is 9.53 Å². The number of aromatic amines is 1. The number of carbonyl (C=O) groups is 1. The number of ether oxygens (including phenoxy) is 1. The first-order valence-corrected chi connectivity index (χ1v) is 6.68. The van der Waals surface area contributed by atoms with E-state index in [4.69, 9.17) is 4.74 Å². The van der Waals surface area contributed by atoms with Crippen molar-refractivity contribution in [3.05, 3.63) is 11.8 Å². The Labute approximate surface area is 107 Å². The summed E-state index contributed by atoms with van der Waals surface area (Å²) >= 11 is 0. The lowest BCUT2D eigenvalue weighted by Crippen LogP contribution is -2.26. The summed E-state index contributed by atoms with van der Waals surface area (Å²) in [5.41, 5.74) is 1.07. The molecule has 0 bridgehead atoms. The molecule has 1 aromatic rings. The van der Waals surface area contributed by atoms with Crippen LogP contribution < -0.4 is 5.32 Å². The van der Waals surface area contributed by atoms with Crippen LogP contribution in [0, 0.1) is 0 Å². The zero-order valence-corrected chi connectivity index (χ0v) is 11.0. The second-order valence-electron chi connectivity index (χ2n) is 4.89. The lowest BCUT2D eigenvalue weighted by atomic mass is 10.0. The molecule has 0 aromatic carbocycles. The fourth-order valence-electron chi connectivity index (χ4n) is 2.23. The third kappa shape index (κ3) is 3.10. The fourth-order valence-corrected chi connectivity index (χ4v) is 2.23. The molecule has 1 fully saturated rings. The van der Waals surface area contributed by atoms with Gasteiger partial charge in [0.25, 0.3) is 5.91 Å². The van der Waals surface area contributed by atoms with Gasteiger partial charge in [-0.3, -0.25) is 9.89 Å². The maximum atomic E-state index is 11.8. The summed E-state index contributed by atoms with van der Waals surface area (Å²) in [5, 5.41) is 9.89. The molecule has 2 heterocycles. The summed E-state index contributed by atoms with van der Waals surface area (Å²) in [7, 11) is 0. The second kappa shape index (κ2) is 6.00. The number of carbonyl (C=O) groups excluding carboxylic acids is 1. The maximum absolute atomic E-state index is 11.8. The predicted molar refractivity (Wildman–Crippen MR) is 69.5 cm³/mol. The number of nitrogens with zero attached hydrogens (tertiary/aromatic N) is 1. The lowest BCUT2D eigenvalue weighted by Gasteiger charge is -2.08. The van der Waals surface area contributed by atoms with Crippen LogP contribution in [0.4, 0.5) is 5.82 Å². The third-order valence-electron chi connectivity index (χ3n) is 3.32. The van der Waals surface area contributed by atoms with E-state index in [-0.39, 0.29) is 12.0 Å². The molecule has 0 spiro atoms. The summed E-state index contributed by atoms with van der Waals surface area (Å²) in [5.74, 6) is 0.943. The molecular formula is C13H21N3O2. The molecule has 2 atom stereocenters. The summed E-state index contributed by atoms with van der Waals surface area (Å²) in [6.07, 6.45) is 3.70. The first-order chi connectivity index (χ1) is 8.70. The minimum absolute atomic E-state index is 0.0892. The predicted octanol–water partition coefficient (Wildman–Crippen LogP) is 2.43. The van der Waals surface area contributed by atoms with Crippen molar-refractivity contribution in [3.8, 4) is 0 Å². The Hall–Kier alpha value is -1.36. The minimum atomic E-state index is -0.307. The molecule has 5 heteroatoms. The number of anilines is 1. The van der Waals surface area contributed by atoms with Crippen molar-refractivity contribution in [2.45, 2.75) is 51.6 Å². The van der Waals surface area contributed by atoms with Gasteiger partial charge in [-0.2, -0.15) is 5.10 Å². The highest BCUT2D eigenvalue weighted by atomic mass is 16.5. The van der Waals surface area contributed by atoms with E-state index in [1.807, 2.05) is 6.07 Å². The Morgan fingerprint density at radius 2 is 2.56 bits per heavy atom. The number of H-pyrrole nitrogens is 1. The van der Waals surface area contributed by atoms with E-state index in [0.717, 1.165) is 31.4 Å². The molecule has 0 saturated carbocycles. The topological polar surface area (TPSA) is 67.0 Å². The zero-order chi connectivity index (χ0) is 13.0. The monoisotopic (exact) mass is 251 g/mol. The van der Waals surface area contributed by atoms with E-state index in [1.54, 1.807) is 0 Å². The van der Waals surface area contributed by atoms with Gasteiger partial charge >= 0.3 is 0 Å². The largest absolute Gasteiger partial charge is 0.368 e. The van der Waals surface area contributed by atoms with E-state index in [9.17, 15) is 4.79 Å². The molecule has 5 nitrogen and oxygen atoms in total. The van der Waals surface area contributed by atoms with Gasteiger partial charge in [0.2, 0.25) is 0 Å². The van der Waals surface area contributed by atoms with Crippen LogP contribution in [0.2, 0.25) is 0 Å². The van der Waals surface area contributed by atoms with E-state index < -0.39 is 0 Å². The van der Waals surface area contributed by atoms with Crippen molar-refractivity contribution in [2.75, 3.05) is 11.9 Å². The Balaban J connectivity index is 1.91. The molecule has 1 saturated heterocycles. The second-order valence-corrected chi connectivity index (χ2v) is 4.89. The lowest BCUT2D eigenvalue weighted by molar-refractivity contribution is -0.124. The highest BCUT2D eigenvalue weighted by Gasteiger charge is 2.24. The van der Waals surface area contributed by atoms with Crippen molar-refractivity contribution < 1.29 is 9.53 Å². The van der Waals surface area contributed by atoms with Crippen molar-refractivity contribution >= 4 is 11.7 Å². The van der Waals surface area contributed by atoms with E-state index >= 15 is 0 Å². The molecule has 1 aromatic heterocycles. The first kappa shape index (κ1) is 13.1. The van der Waals surface area contributed by atoms with Crippen molar-refractivity contribution in [1.82, 2.24) is 10.2 Å². The van der Waals surface area contributed by atoms with Crippen LogP contribution >= 0.6 is 0 Å². The normalized spacial score (nSPS) is 20.9. The molecular weight excluding hydrogens is 230 g/mol. The molecule has 2 rings (SSSR count). The number of hydrogen-bond donors (Lipinski definition) is 2. The summed E-state index contributed by atoms with van der Waals surface area (Å²) in [6, 6.07) is 1.91. The smallest absolute Gasteiger partial charge is 0.254 e. The van der Waals surface area contributed by atoms with Gasteiger partial charge in [0.05, 0.1) is 0 Å². The Morgan fingerprint density at radius 1 is 1.72 bits per heavy atom. The summed E-state index contributed by atoms with van der Waals surface area (Å²) < 4.78 is 5.33. The van der Waals surface area contributed by atoms with Crippen LogP contribution in [-0.4, -0.2) is 28.8 Å². The molecule has 1 amide bonds. The zero-order valence-electron chi connectivity index (χ0n) is 11.0. The average Bonchev–Trinajstić information content (AvgIpc) is 2.99. The number of aromatic nitrogens is 2. The Morgan fingerprint density at radius 3 is 3.22 bits per heavy atom. The van der Waals surface area contributed by atoms with Crippen LogP contribution in [0.1, 0.15) is 51.1 Å². The standard InChI is InChI=1S/C13H21N3O2/c1-3-5-9(2)10-8-12(16-15-10)14-13(17)11-6-4-7-18-11/h8-9,11H,3-7H2,1-2H3,(H2,14,15,16,17)/t9-,11-/m1/s1. The van der Waals surface area contributed by atoms with Gasteiger partial charge in [-0.1, -0.05) is 20.3 Å². The van der Waals surface area contributed by atoms with Gasteiger partial charge in [-0.15, -0.1) is 0 Å². The maximum Gasteiger partial charge on any atom is 0.254 e. The first-order valence-electron chi connectivity index (χ1n) is 6.68. The molecule has 18 heavy (non-hydrogen) atoms. The molecule has 1 aliphatic rings. The van der Waals surface area contributed by atoms with Crippen LogP contribution in [0.3, 0.4) is 0 Å². The average molecular weight is 251 g/mol. The van der Waals surface area contributed by atoms with Gasteiger partial charge in [0.1, 0.15) is 6.10 Å². The number of rotatable bonds is 5. The van der Waals surface area contributed by atoms with Crippen LogP contribution in [0.15, 0.2) is 6.07 Å². The van der Waals surface area contributed by atoms with Gasteiger partial charge in [-0.25, -0.2) is 0 Å². The highest BCUT2D eigenvalue weighted by Crippen LogP contribution is 2.21. The van der Waals surface area contributed by atoms with Crippen molar-refractivity contribution in [1.29, 1.82) is 0 Å². The quantitative estimate of drug-likeness (QED) is 0.844. The molecule has 0 aliphatic carbocycles. The summed E-state index contributed by atoms with van der Waals surface area (Å²) in [4.78, 5) is 11.8. The molecule has 2 N–H and O–H groups in total.